The number of rotatable bonds is 4. The summed E-state index contributed by atoms with van der Waals surface area (Å²) in [6.45, 7) is 2.14. The molecule has 2 rings (SSSR count). The number of hydrogen-bond acceptors (Lipinski definition) is 2. The first-order valence-corrected chi connectivity index (χ1v) is 5.58. The molecule has 0 amide bonds. The molecule has 1 aromatic rings. The molecule has 0 radical (unpaired) electrons. The van der Waals surface area contributed by atoms with Crippen LogP contribution in [0.4, 0.5) is 5.69 Å². The predicted molar refractivity (Wildman–Crippen MR) is 61.6 cm³/mol. The van der Waals surface area contributed by atoms with Crippen LogP contribution in [0.5, 0.6) is 0 Å². The van der Waals surface area contributed by atoms with Crippen molar-refractivity contribution in [1.82, 2.24) is 0 Å². The van der Waals surface area contributed by atoms with E-state index in [0.717, 1.165) is 12.1 Å². The number of nitrogens with zero attached hydrogens (tertiary/aromatic N) is 1. The van der Waals surface area contributed by atoms with Gasteiger partial charge in [-0.25, -0.2) is 0 Å². The molecule has 1 aliphatic carbocycles. The number of anilines is 1. The van der Waals surface area contributed by atoms with Gasteiger partial charge in [-0.3, -0.25) is 0 Å². The van der Waals surface area contributed by atoms with E-state index in [1.54, 1.807) is 0 Å². The molecule has 0 heterocycles. The number of benzene rings is 1. The van der Waals surface area contributed by atoms with E-state index in [1.807, 2.05) is 0 Å². The number of hydrogen-bond donors (Lipinski definition) is 1. The number of nitrogens with one attached hydrogen (secondary N) is 1. The zero-order chi connectivity index (χ0) is 10.7. The van der Waals surface area contributed by atoms with E-state index in [4.69, 9.17) is 5.26 Å². The standard InChI is InChI=1S/C13H16N2/c1-2-10-3-7-12(8-4-10)15-13(9-14)11-5-6-11/h3-4,7-8,11,13,15H,2,5-6H2,1H3. The molecule has 0 spiro atoms. The largest absolute Gasteiger partial charge is 0.370 e. The van der Waals surface area contributed by atoms with Crippen molar-refractivity contribution in [1.29, 1.82) is 5.26 Å². The average molecular weight is 200 g/mol. The Morgan fingerprint density at radius 3 is 2.53 bits per heavy atom. The third-order valence-electron chi connectivity index (χ3n) is 2.92. The Hall–Kier alpha value is -1.49. The highest BCUT2D eigenvalue weighted by atomic mass is 14.9. The summed E-state index contributed by atoms with van der Waals surface area (Å²) in [6.07, 6.45) is 3.45. The Kier molecular flexibility index (Phi) is 2.91. The van der Waals surface area contributed by atoms with Crippen molar-refractivity contribution in [3.63, 3.8) is 0 Å². The fourth-order valence-corrected chi connectivity index (χ4v) is 1.70. The van der Waals surface area contributed by atoms with Gasteiger partial charge in [0.15, 0.2) is 0 Å². The Morgan fingerprint density at radius 1 is 1.40 bits per heavy atom. The van der Waals surface area contributed by atoms with Crippen LogP contribution in [0.15, 0.2) is 24.3 Å². The van der Waals surface area contributed by atoms with E-state index in [0.29, 0.717) is 5.92 Å². The van der Waals surface area contributed by atoms with Crippen molar-refractivity contribution in [3.8, 4) is 6.07 Å². The summed E-state index contributed by atoms with van der Waals surface area (Å²) in [4.78, 5) is 0. The van der Waals surface area contributed by atoms with E-state index in [9.17, 15) is 0 Å². The van der Waals surface area contributed by atoms with Crippen LogP contribution >= 0.6 is 0 Å². The highest BCUT2D eigenvalue weighted by Gasteiger charge is 2.31. The van der Waals surface area contributed by atoms with Crippen LogP contribution in [0, 0.1) is 17.2 Å². The quantitative estimate of drug-likeness (QED) is 0.811. The highest BCUT2D eigenvalue weighted by molar-refractivity contribution is 5.47. The van der Waals surface area contributed by atoms with Crippen LogP contribution in [0.25, 0.3) is 0 Å². The van der Waals surface area contributed by atoms with Gasteiger partial charge in [0.05, 0.1) is 6.07 Å². The molecule has 0 aliphatic heterocycles. The predicted octanol–water partition coefficient (Wildman–Crippen LogP) is 2.96. The molecule has 1 saturated carbocycles. The lowest BCUT2D eigenvalue weighted by molar-refractivity contribution is 0.767. The van der Waals surface area contributed by atoms with Gasteiger partial charge in [0.1, 0.15) is 6.04 Å². The minimum Gasteiger partial charge on any atom is -0.370 e. The maximum atomic E-state index is 8.99. The molecular weight excluding hydrogens is 184 g/mol. The van der Waals surface area contributed by atoms with Crippen LogP contribution in [0.2, 0.25) is 0 Å². The van der Waals surface area contributed by atoms with Gasteiger partial charge in [-0.15, -0.1) is 0 Å². The average Bonchev–Trinajstić information content (AvgIpc) is 3.10. The van der Waals surface area contributed by atoms with Crippen molar-refractivity contribution in [2.45, 2.75) is 32.2 Å². The van der Waals surface area contributed by atoms with Crippen molar-refractivity contribution >= 4 is 5.69 Å². The Bertz CT molecular complexity index is 357. The summed E-state index contributed by atoms with van der Waals surface area (Å²) in [5.74, 6) is 0.570. The smallest absolute Gasteiger partial charge is 0.117 e. The molecule has 2 nitrogen and oxygen atoms in total. The van der Waals surface area contributed by atoms with Crippen LogP contribution in [-0.4, -0.2) is 6.04 Å². The third kappa shape index (κ3) is 2.50. The van der Waals surface area contributed by atoms with Gasteiger partial charge in [-0.05, 0) is 42.9 Å². The monoisotopic (exact) mass is 200 g/mol. The minimum absolute atomic E-state index is 0.00234. The van der Waals surface area contributed by atoms with Crippen molar-refractivity contribution in [2.24, 2.45) is 5.92 Å². The van der Waals surface area contributed by atoms with Gasteiger partial charge >= 0.3 is 0 Å². The molecule has 1 atom stereocenters. The zero-order valence-electron chi connectivity index (χ0n) is 9.03. The summed E-state index contributed by atoms with van der Waals surface area (Å²) < 4.78 is 0. The van der Waals surface area contributed by atoms with Gasteiger partial charge < -0.3 is 5.32 Å². The van der Waals surface area contributed by atoms with Gasteiger partial charge in [0.25, 0.3) is 0 Å². The summed E-state index contributed by atoms with van der Waals surface area (Å²) in [6, 6.07) is 10.7. The highest BCUT2D eigenvalue weighted by Crippen LogP contribution is 2.33. The molecular formula is C13H16N2. The zero-order valence-corrected chi connectivity index (χ0v) is 9.03. The molecule has 0 bridgehead atoms. The maximum Gasteiger partial charge on any atom is 0.117 e. The summed E-state index contributed by atoms with van der Waals surface area (Å²) >= 11 is 0. The molecule has 1 aliphatic rings. The van der Waals surface area contributed by atoms with E-state index >= 15 is 0 Å². The second kappa shape index (κ2) is 4.35. The molecule has 15 heavy (non-hydrogen) atoms. The molecule has 0 aromatic heterocycles. The Balaban J connectivity index is 2.00. The molecule has 78 valence electrons. The summed E-state index contributed by atoms with van der Waals surface area (Å²) in [5, 5.41) is 12.3. The maximum absolute atomic E-state index is 8.99. The van der Waals surface area contributed by atoms with E-state index in [1.165, 1.54) is 18.4 Å². The molecule has 1 fully saturated rings. The van der Waals surface area contributed by atoms with Gasteiger partial charge in [-0.2, -0.15) is 5.26 Å². The first-order valence-electron chi connectivity index (χ1n) is 5.58. The third-order valence-corrected chi connectivity index (χ3v) is 2.92. The summed E-state index contributed by atoms with van der Waals surface area (Å²) in [5.41, 5.74) is 2.39. The molecule has 1 N–H and O–H groups in total. The van der Waals surface area contributed by atoms with Gasteiger partial charge in [0, 0.05) is 5.69 Å². The van der Waals surface area contributed by atoms with Crippen LogP contribution < -0.4 is 5.32 Å². The Labute approximate surface area is 90.9 Å². The Morgan fingerprint density at radius 2 is 2.07 bits per heavy atom. The van der Waals surface area contributed by atoms with Crippen LogP contribution in [0.3, 0.4) is 0 Å². The number of aryl methyl sites for hydroxylation is 1. The molecule has 1 aromatic carbocycles. The number of nitriles is 1. The van der Waals surface area contributed by atoms with Crippen LogP contribution in [-0.2, 0) is 6.42 Å². The van der Waals surface area contributed by atoms with E-state index in [-0.39, 0.29) is 6.04 Å². The van der Waals surface area contributed by atoms with Gasteiger partial charge in [-0.1, -0.05) is 19.1 Å². The first kappa shape index (κ1) is 10.0. The normalized spacial score (nSPS) is 16.8. The fourth-order valence-electron chi connectivity index (χ4n) is 1.70. The second-order valence-corrected chi connectivity index (χ2v) is 4.14. The fraction of sp³-hybridized carbons (Fsp3) is 0.462. The van der Waals surface area contributed by atoms with E-state index in [2.05, 4.69) is 42.6 Å². The van der Waals surface area contributed by atoms with Crippen molar-refractivity contribution < 1.29 is 0 Å². The molecule has 2 heteroatoms. The lowest BCUT2D eigenvalue weighted by Crippen LogP contribution is -2.19. The first-order chi connectivity index (χ1) is 7.33. The van der Waals surface area contributed by atoms with Gasteiger partial charge in [0.2, 0.25) is 0 Å². The topological polar surface area (TPSA) is 35.8 Å². The van der Waals surface area contributed by atoms with E-state index < -0.39 is 0 Å². The minimum atomic E-state index is -0.00234. The lowest BCUT2D eigenvalue weighted by atomic mass is 10.1. The lowest BCUT2D eigenvalue weighted by Gasteiger charge is -2.11. The SMILES string of the molecule is CCc1ccc(NC(C#N)C2CC2)cc1. The molecule has 0 saturated heterocycles. The van der Waals surface area contributed by atoms with Crippen molar-refractivity contribution in [2.75, 3.05) is 5.32 Å². The second-order valence-electron chi connectivity index (χ2n) is 4.14. The van der Waals surface area contributed by atoms with Crippen LogP contribution in [0.1, 0.15) is 25.3 Å². The summed E-state index contributed by atoms with van der Waals surface area (Å²) in [7, 11) is 0. The van der Waals surface area contributed by atoms with Crippen molar-refractivity contribution in [3.05, 3.63) is 29.8 Å². The molecule has 1 unspecified atom stereocenters.